The summed E-state index contributed by atoms with van der Waals surface area (Å²) in [5.74, 6) is 0.836. The van der Waals surface area contributed by atoms with Gasteiger partial charge in [-0.15, -0.1) is 0 Å². The fourth-order valence-electron chi connectivity index (χ4n) is 3.65. The maximum Gasteiger partial charge on any atom is 0.264 e. The third-order valence-corrected chi connectivity index (χ3v) is 7.79. The van der Waals surface area contributed by atoms with Crippen molar-refractivity contribution in [2.75, 3.05) is 30.4 Å². The Morgan fingerprint density at radius 1 is 0.795 bits per heavy atom. The Bertz CT molecular complexity index is 1570. The van der Waals surface area contributed by atoms with Crippen molar-refractivity contribution >= 4 is 50.5 Å². The lowest BCUT2D eigenvalue weighted by Crippen LogP contribution is -2.38. The Kier molecular flexibility index (Phi) is 8.86. The van der Waals surface area contributed by atoms with Crippen molar-refractivity contribution < 1.29 is 27.4 Å². The summed E-state index contributed by atoms with van der Waals surface area (Å²) in [6.45, 7) is -0.560. The van der Waals surface area contributed by atoms with E-state index in [0.717, 1.165) is 4.31 Å². The molecule has 0 saturated heterocycles. The number of hydrogen-bond acceptors (Lipinski definition) is 6. The van der Waals surface area contributed by atoms with E-state index in [1.54, 1.807) is 24.3 Å². The molecule has 8 nitrogen and oxygen atoms in total. The molecule has 0 spiro atoms. The minimum atomic E-state index is -4.24. The number of benzene rings is 4. The van der Waals surface area contributed by atoms with Crippen molar-refractivity contribution in [2.45, 2.75) is 4.90 Å². The largest absolute Gasteiger partial charge is 0.493 e. The van der Waals surface area contributed by atoms with E-state index < -0.39 is 22.5 Å². The third kappa shape index (κ3) is 6.75. The van der Waals surface area contributed by atoms with Crippen LogP contribution < -0.4 is 23.8 Å². The summed E-state index contributed by atoms with van der Waals surface area (Å²) in [7, 11) is -1.39. The first-order valence-corrected chi connectivity index (χ1v) is 13.7. The van der Waals surface area contributed by atoms with E-state index in [-0.39, 0.29) is 22.0 Å². The van der Waals surface area contributed by atoms with E-state index in [0.29, 0.717) is 27.3 Å². The predicted octanol–water partition coefficient (Wildman–Crippen LogP) is 6.64. The predicted molar refractivity (Wildman–Crippen MR) is 152 cm³/mol. The van der Waals surface area contributed by atoms with E-state index in [4.69, 9.17) is 37.4 Å². The number of rotatable bonds is 10. The van der Waals surface area contributed by atoms with Crippen molar-refractivity contribution in [1.29, 1.82) is 0 Å². The number of hydrogen-bond donors (Lipinski definition) is 1. The number of para-hydroxylation sites is 1. The molecule has 4 aromatic rings. The zero-order chi connectivity index (χ0) is 28.0. The second-order valence-corrected chi connectivity index (χ2v) is 10.8. The molecule has 0 aliphatic carbocycles. The second-order valence-electron chi connectivity index (χ2n) is 8.11. The standard InChI is InChI=1S/C28H24Cl2N2O6S/c1-36-26-15-13-23(17-27(26)37-2)39(34,35)32(21-11-8-19(29)9-12-21)18-28(33)31-24-16-20(30)10-14-25(24)38-22-6-4-3-5-7-22/h3-17H,18H2,1-2H3,(H,31,33). The van der Waals surface area contributed by atoms with Crippen LogP contribution in [-0.2, 0) is 14.8 Å². The van der Waals surface area contributed by atoms with Gasteiger partial charge in [-0.1, -0.05) is 41.4 Å². The molecule has 4 aromatic carbocycles. The highest BCUT2D eigenvalue weighted by Gasteiger charge is 2.29. The molecule has 0 saturated carbocycles. The lowest BCUT2D eigenvalue weighted by molar-refractivity contribution is -0.114. The maximum absolute atomic E-state index is 13.8. The average molecular weight is 587 g/mol. The van der Waals surface area contributed by atoms with Gasteiger partial charge in [-0.3, -0.25) is 9.10 Å². The zero-order valence-electron chi connectivity index (χ0n) is 20.9. The molecule has 1 amide bonds. The molecule has 0 unspecified atom stereocenters. The van der Waals surface area contributed by atoms with Crippen LogP contribution in [0.1, 0.15) is 0 Å². The van der Waals surface area contributed by atoms with Crippen LogP contribution in [-0.4, -0.2) is 35.1 Å². The van der Waals surface area contributed by atoms with Gasteiger partial charge in [0.2, 0.25) is 5.91 Å². The van der Waals surface area contributed by atoms with E-state index in [2.05, 4.69) is 5.32 Å². The normalized spacial score (nSPS) is 11.0. The van der Waals surface area contributed by atoms with Crippen LogP contribution in [0, 0.1) is 0 Å². The van der Waals surface area contributed by atoms with Crippen LogP contribution in [0.25, 0.3) is 0 Å². The number of sulfonamides is 1. The van der Waals surface area contributed by atoms with Crippen molar-refractivity contribution in [3.8, 4) is 23.0 Å². The maximum atomic E-state index is 13.8. The molecule has 0 radical (unpaired) electrons. The fourth-order valence-corrected chi connectivity index (χ4v) is 5.39. The number of anilines is 2. The van der Waals surface area contributed by atoms with E-state index >= 15 is 0 Å². The van der Waals surface area contributed by atoms with Gasteiger partial charge in [0, 0.05) is 16.1 Å². The Morgan fingerprint density at radius 2 is 1.44 bits per heavy atom. The number of nitrogens with one attached hydrogen (secondary N) is 1. The SMILES string of the molecule is COc1ccc(S(=O)(=O)N(CC(=O)Nc2cc(Cl)ccc2Oc2ccccc2)c2ccc(Cl)cc2)cc1OC. The quantitative estimate of drug-likeness (QED) is 0.224. The summed E-state index contributed by atoms with van der Waals surface area (Å²) >= 11 is 12.2. The van der Waals surface area contributed by atoms with Gasteiger partial charge < -0.3 is 19.5 Å². The first-order chi connectivity index (χ1) is 18.7. The molecule has 0 bridgehead atoms. The third-order valence-electron chi connectivity index (χ3n) is 5.53. The highest BCUT2D eigenvalue weighted by Crippen LogP contribution is 2.34. The molecule has 39 heavy (non-hydrogen) atoms. The molecule has 0 aliphatic rings. The summed E-state index contributed by atoms with van der Waals surface area (Å²) in [5, 5.41) is 3.49. The second kappa shape index (κ2) is 12.3. The molecule has 0 aliphatic heterocycles. The Balaban J connectivity index is 1.67. The molecule has 0 fully saturated rings. The molecule has 11 heteroatoms. The number of carbonyl (C=O) groups excluding carboxylic acids is 1. The fraction of sp³-hybridized carbons (Fsp3) is 0.107. The Morgan fingerprint density at radius 3 is 2.10 bits per heavy atom. The molecule has 0 atom stereocenters. The molecule has 1 N–H and O–H groups in total. The van der Waals surface area contributed by atoms with Crippen molar-refractivity contribution in [2.24, 2.45) is 0 Å². The Hall–Kier alpha value is -3.92. The van der Waals surface area contributed by atoms with Gasteiger partial charge in [0.25, 0.3) is 10.0 Å². The van der Waals surface area contributed by atoms with E-state index in [1.807, 2.05) is 18.2 Å². The summed E-state index contributed by atoms with van der Waals surface area (Å²) in [6, 6.07) is 24.0. The van der Waals surface area contributed by atoms with Crippen LogP contribution in [0.3, 0.4) is 0 Å². The summed E-state index contributed by atoms with van der Waals surface area (Å²) < 4.78 is 45.0. The first kappa shape index (κ1) is 28.1. The average Bonchev–Trinajstić information content (AvgIpc) is 2.94. The molecule has 4 rings (SSSR count). The minimum absolute atomic E-state index is 0.0984. The first-order valence-electron chi connectivity index (χ1n) is 11.5. The van der Waals surface area contributed by atoms with Gasteiger partial charge in [-0.05, 0) is 66.7 Å². The van der Waals surface area contributed by atoms with Gasteiger partial charge >= 0.3 is 0 Å². The summed E-state index contributed by atoms with van der Waals surface area (Å²) in [6.07, 6.45) is 0. The van der Waals surface area contributed by atoms with Crippen LogP contribution in [0.2, 0.25) is 10.0 Å². The molecule has 202 valence electrons. The van der Waals surface area contributed by atoms with Crippen molar-refractivity contribution in [1.82, 2.24) is 0 Å². The van der Waals surface area contributed by atoms with E-state index in [1.165, 1.54) is 62.8 Å². The molecule has 0 heterocycles. The van der Waals surface area contributed by atoms with Crippen LogP contribution in [0.15, 0.2) is 95.9 Å². The van der Waals surface area contributed by atoms with Gasteiger partial charge in [-0.25, -0.2) is 8.42 Å². The van der Waals surface area contributed by atoms with Gasteiger partial charge in [0.15, 0.2) is 17.2 Å². The molecular formula is C28H24Cl2N2O6S. The van der Waals surface area contributed by atoms with Gasteiger partial charge in [-0.2, -0.15) is 0 Å². The number of ether oxygens (including phenoxy) is 3. The monoisotopic (exact) mass is 586 g/mol. The highest BCUT2D eigenvalue weighted by atomic mass is 35.5. The highest BCUT2D eigenvalue weighted by molar-refractivity contribution is 7.92. The summed E-state index contributed by atoms with van der Waals surface area (Å²) in [5.41, 5.74) is 0.507. The van der Waals surface area contributed by atoms with Crippen LogP contribution in [0.5, 0.6) is 23.0 Å². The van der Waals surface area contributed by atoms with Gasteiger partial charge in [0.1, 0.15) is 12.3 Å². The van der Waals surface area contributed by atoms with Crippen molar-refractivity contribution in [3.63, 3.8) is 0 Å². The number of carbonyl (C=O) groups is 1. The lowest BCUT2D eigenvalue weighted by Gasteiger charge is -2.25. The zero-order valence-corrected chi connectivity index (χ0v) is 23.3. The Labute approximate surface area is 236 Å². The number of halogens is 2. The molecular weight excluding hydrogens is 563 g/mol. The van der Waals surface area contributed by atoms with Crippen molar-refractivity contribution in [3.05, 3.63) is 101 Å². The number of nitrogens with zero attached hydrogens (tertiary/aromatic N) is 1. The molecule has 0 aromatic heterocycles. The number of amides is 1. The lowest BCUT2D eigenvalue weighted by atomic mass is 10.2. The summed E-state index contributed by atoms with van der Waals surface area (Å²) in [4.78, 5) is 13.2. The van der Waals surface area contributed by atoms with E-state index in [9.17, 15) is 13.2 Å². The smallest absolute Gasteiger partial charge is 0.264 e. The number of methoxy groups -OCH3 is 2. The minimum Gasteiger partial charge on any atom is -0.493 e. The topological polar surface area (TPSA) is 94.2 Å². The van der Waals surface area contributed by atoms with Gasteiger partial charge in [0.05, 0.1) is 30.5 Å². The van der Waals surface area contributed by atoms with Crippen LogP contribution in [0.4, 0.5) is 11.4 Å². The van der Waals surface area contributed by atoms with Crippen LogP contribution >= 0.6 is 23.2 Å².